The smallest absolute Gasteiger partial charge is 0.196 e. The Labute approximate surface area is 178 Å². The number of aromatic amines is 1. The lowest BCUT2D eigenvalue weighted by Crippen LogP contribution is -2.37. The number of aryl methyl sites for hydroxylation is 1. The number of hydrogen-bond donors (Lipinski definition) is 3. The van der Waals surface area contributed by atoms with Gasteiger partial charge in [0.1, 0.15) is 6.26 Å². The van der Waals surface area contributed by atoms with Crippen LogP contribution >= 0.6 is 0 Å². The van der Waals surface area contributed by atoms with Gasteiger partial charge in [-0.25, -0.2) is 0 Å². The van der Waals surface area contributed by atoms with E-state index in [0.717, 1.165) is 54.5 Å². The summed E-state index contributed by atoms with van der Waals surface area (Å²) in [5, 5.41) is 4.70. The first-order chi connectivity index (χ1) is 15.1. The number of nitrogens with zero attached hydrogens (tertiary/aromatic N) is 1. The molecule has 4 N–H and O–H groups in total. The molecule has 4 atom stereocenters. The molecule has 162 valence electrons. The molecule has 2 saturated heterocycles. The Hall–Kier alpha value is -2.06. The van der Waals surface area contributed by atoms with E-state index in [0.29, 0.717) is 19.8 Å². The van der Waals surface area contributed by atoms with Gasteiger partial charge in [-0.2, -0.15) is 0 Å². The number of benzene rings is 1. The third-order valence-electron chi connectivity index (χ3n) is 6.36. The molecular formula is C23H32N4O3. The highest BCUT2D eigenvalue weighted by Gasteiger charge is 2.28. The molecule has 0 radical (unpaired) electrons. The van der Waals surface area contributed by atoms with Gasteiger partial charge in [-0.3, -0.25) is 4.90 Å². The van der Waals surface area contributed by atoms with Crippen LogP contribution in [0.25, 0.3) is 10.9 Å². The molecule has 0 aliphatic carbocycles. The van der Waals surface area contributed by atoms with Crippen molar-refractivity contribution in [1.29, 1.82) is 0 Å². The zero-order valence-corrected chi connectivity index (χ0v) is 17.5. The Morgan fingerprint density at radius 1 is 1.33 bits per heavy atom. The number of fused-ring (bicyclic) bond motifs is 1. The lowest BCUT2D eigenvalue weighted by atomic mass is 9.92. The molecule has 1 aromatic carbocycles. The van der Waals surface area contributed by atoms with E-state index in [9.17, 15) is 0 Å². The first-order valence-corrected chi connectivity index (χ1v) is 10.9. The highest BCUT2D eigenvalue weighted by atomic mass is 16.5. The third-order valence-corrected chi connectivity index (χ3v) is 6.36. The van der Waals surface area contributed by atoms with E-state index in [2.05, 4.69) is 34.3 Å². The topological polar surface area (TPSA) is 84.8 Å². The first kappa shape index (κ1) is 18.7. The van der Waals surface area contributed by atoms with Crippen LogP contribution in [0.15, 0.2) is 30.3 Å². The van der Waals surface area contributed by atoms with Gasteiger partial charge in [0.25, 0.3) is 0 Å². The molecule has 30 heavy (non-hydrogen) atoms. The number of nitrogens with two attached hydrogens (primary N) is 1. The summed E-state index contributed by atoms with van der Waals surface area (Å²) < 4.78 is 25.6. The number of morpholine rings is 1. The maximum absolute atomic E-state index is 8.10. The summed E-state index contributed by atoms with van der Waals surface area (Å²) in [4.78, 5) is 5.57. The van der Waals surface area contributed by atoms with Gasteiger partial charge in [0.05, 0.1) is 30.5 Å². The van der Waals surface area contributed by atoms with Crippen molar-refractivity contribution in [3.63, 3.8) is 0 Å². The number of aromatic nitrogens is 1. The van der Waals surface area contributed by atoms with Gasteiger partial charge >= 0.3 is 0 Å². The quantitative estimate of drug-likeness (QED) is 0.699. The molecule has 2 fully saturated rings. The summed E-state index contributed by atoms with van der Waals surface area (Å²) >= 11 is 0. The van der Waals surface area contributed by atoms with E-state index < -0.39 is 0 Å². The zero-order chi connectivity index (χ0) is 21.4. The van der Waals surface area contributed by atoms with E-state index >= 15 is 0 Å². The molecule has 7 nitrogen and oxygen atoms in total. The number of hydrogen-bond acceptors (Lipinski definition) is 6. The summed E-state index contributed by atoms with van der Waals surface area (Å²) in [5.74, 6) is 0. The second kappa shape index (κ2) is 8.59. The summed E-state index contributed by atoms with van der Waals surface area (Å²) in [6.07, 6.45) is 6.21. The van der Waals surface area contributed by atoms with Crippen LogP contribution in [0.4, 0.5) is 0 Å². The summed E-state index contributed by atoms with van der Waals surface area (Å²) in [7, 11) is 0. The number of ether oxygens (including phenoxy) is 3. The molecule has 3 aliphatic heterocycles. The van der Waals surface area contributed by atoms with Crippen molar-refractivity contribution in [1.82, 2.24) is 15.2 Å². The Morgan fingerprint density at radius 3 is 3.13 bits per heavy atom. The molecule has 5 rings (SSSR count). The van der Waals surface area contributed by atoms with Gasteiger partial charge in [0, 0.05) is 62.8 Å². The second-order valence-electron chi connectivity index (χ2n) is 8.45. The van der Waals surface area contributed by atoms with E-state index in [1.165, 1.54) is 11.1 Å². The minimum Gasteiger partial charge on any atom is -0.472 e. The van der Waals surface area contributed by atoms with Crippen LogP contribution in [0.5, 0.6) is 0 Å². The fraction of sp³-hybridized carbons (Fsp3) is 0.565. The van der Waals surface area contributed by atoms with Gasteiger partial charge in [-0.05, 0) is 31.4 Å². The second-order valence-corrected chi connectivity index (χ2v) is 8.45. The van der Waals surface area contributed by atoms with Crippen LogP contribution in [-0.4, -0.2) is 55.4 Å². The van der Waals surface area contributed by atoms with Crippen LogP contribution in [0.2, 0.25) is 0 Å². The number of rotatable bonds is 5. The fourth-order valence-electron chi connectivity index (χ4n) is 4.71. The van der Waals surface area contributed by atoms with Crippen molar-refractivity contribution in [2.24, 2.45) is 5.73 Å². The van der Waals surface area contributed by atoms with Gasteiger partial charge in [0.2, 0.25) is 0 Å². The molecule has 2 aromatic rings. The Balaban J connectivity index is 1.31. The lowest BCUT2D eigenvalue weighted by Gasteiger charge is -2.29. The molecule has 7 heteroatoms. The number of H-pyrrole nitrogens is 1. The average Bonchev–Trinajstić information content (AvgIpc) is 3.42. The van der Waals surface area contributed by atoms with Crippen LogP contribution in [0, 0.1) is 6.92 Å². The van der Waals surface area contributed by atoms with E-state index in [1.54, 1.807) is 0 Å². The number of nitrogens with one attached hydrogen (secondary N) is 2. The molecule has 0 saturated carbocycles. The fourth-order valence-corrected chi connectivity index (χ4v) is 4.71. The van der Waals surface area contributed by atoms with E-state index in [1.807, 2.05) is 12.5 Å². The normalized spacial score (nSPS) is 30.6. The van der Waals surface area contributed by atoms with E-state index in [4.69, 9.17) is 21.3 Å². The Kier molecular flexibility index (Phi) is 5.35. The predicted molar refractivity (Wildman–Crippen MR) is 116 cm³/mol. The standard InChI is InChI=1S/C23H32N4O3/c1-15-12-19(20-13-16(24)4-9-29-20)22-18(2-5-25-22)21(15)23-26-17(14-30-23)3-6-27-7-10-28-11-8-27/h2,5,12,14,16,20,23,25-26H,3-4,6-11,13,24H2,1H3/t16?,20?,23-/m1/s1/i7D/t7?,16?,20?,23-. The average molecular weight is 414 g/mol. The molecule has 4 heterocycles. The monoisotopic (exact) mass is 413 g/mol. The van der Waals surface area contributed by atoms with Crippen LogP contribution in [0.3, 0.4) is 0 Å². The first-order valence-electron chi connectivity index (χ1n) is 11.5. The molecule has 1 aromatic heterocycles. The van der Waals surface area contributed by atoms with Crippen molar-refractivity contribution in [2.45, 2.75) is 44.6 Å². The molecule has 0 spiro atoms. The van der Waals surface area contributed by atoms with Crippen LogP contribution < -0.4 is 11.1 Å². The van der Waals surface area contributed by atoms with Crippen molar-refractivity contribution in [3.8, 4) is 0 Å². The molecule has 3 aliphatic rings. The van der Waals surface area contributed by atoms with Crippen molar-refractivity contribution < 1.29 is 15.6 Å². The molecule has 0 bridgehead atoms. The van der Waals surface area contributed by atoms with Crippen molar-refractivity contribution in [2.75, 3.05) is 39.4 Å². The molecule has 3 unspecified atom stereocenters. The van der Waals surface area contributed by atoms with Gasteiger partial charge in [-0.1, -0.05) is 6.07 Å². The molecule has 0 amide bonds. The van der Waals surface area contributed by atoms with Crippen molar-refractivity contribution >= 4 is 10.9 Å². The van der Waals surface area contributed by atoms with E-state index in [-0.39, 0.29) is 24.9 Å². The van der Waals surface area contributed by atoms with Crippen molar-refractivity contribution in [3.05, 3.63) is 47.0 Å². The highest BCUT2D eigenvalue weighted by Crippen LogP contribution is 2.38. The maximum atomic E-state index is 8.10. The SMILES string of the molecule is [2H]C1COCCN1CCC1=CO[C@H](c2c(C)cc(C3CC(N)CCO3)c3[nH]ccc23)N1. The Bertz CT molecular complexity index is 962. The predicted octanol–water partition coefficient (Wildman–Crippen LogP) is 2.84. The Morgan fingerprint density at radius 2 is 2.27 bits per heavy atom. The summed E-state index contributed by atoms with van der Waals surface area (Å²) in [5.41, 5.74) is 11.9. The molecular weight excluding hydrogens is 380 g/mol. The summed E-state index contributed by atoms with van der Waals surface area (Å²) in [6, 6.07) is 4.52. The van der Waals surface area contributed by atoms with Crippen LogP contribution in [-0.2, 0) is 14.2 Å². The zero-order valence-electron chi connectivity index (χ0n) is 18.5. The third kappa shape index (κ3) is 3.95. The van der Waals surface area contributed by atoms with Gasteiger partial charge < -0.3 is 30.2 Å². The summed E-state index contributed by atoms with van der Waals surface area (Å²) in [6.45, 7) is 5.38. The van der Waals surface area contributed by atoms with Gasteiger partial charge in [-0.15, -0.1) is 0 Å². The van der Waals surface area contributed by atoms with Crippen LogP contribution in [0.1, 0.15) is 49.7 Å². The maximum Gasteiger partial charge on any atom is 0.196 e. The largest absolute Gasteiger partial charge is 0.472 e. The minimum atomic E-state index is -0.281. The lowest BCUT2D eigenvalue weighted by molar-refractivity contribution is 0.00740. The minimum absolute atomic E-state index is 0.0233. The van der Waals surface area contributed by atoms with Gasteiger partial charge in [0.15, 0.2) is 6.23 Å². The highest BCUT2D eigenvalue weighted by molar-refractivity contribution is 5.88.